The van der Waals surface area contributed by atoms with Gasteiger partial charge in [0.25, 0.3) is 5.56 Å². The van der Waals surface area contributed by atoms with E-state index in [1.54, 1.807) is 17.8 Å². The molecule has 8 nitrogen and oxygen atoms in total. The first-order valence-electron chi connectivity index (χ1n) is 8.11. The zero-order valence-electron chi connectivity index (χ0n) is 14.9. The lowest BCUT2D eigenvalue weighted by atomic mass is 10.1. The summed E-state index contributed by atoms with van der Waals surface area (Å²) < 4.78 is 8.73. The fourth-order valence-corrected chi connectivity index (χ4v) is 3.16. The Morgan fingerprint density at radius 2 is 2.04 bits per heavy atom. The van der Waals surface area contributed by atoms with Gasteiger partial charge in [0.1, 0.15) is 23.7 Å². The maximum absolute atomic E-state index is 12.6. The molecule has 4 aromatic rings. The van der Waals surface area contributed by atoms with Gasteiger partial charge in [0.2, 0.25) is 5.71 Å². The predicted molar refractivity (Wildman–Crippen MR) is 94.0 cm³/mol. The van der Waals surface area contributed by atoms with Crippen LogP contribution < -0.4 is 5.56 Å². The Bertz CT molecular complexity index is 1290. The van der Waals surface area contributed by atoms with Gasteiger partial charge in [-0.1, -0.05) is 0 Å². The molecule has 0 saturated heterocycles. The zero-order valence-corrected chi connectivity index (χ0v) is 14.9. The van der Waals surface area contributed by atoms with Crippen LogP contribution >= 0.6 is 0 Å². The van der Waals surface area contributed by atoms with Crippen LogP contribution in [0, 0.1) is 39.0 Å². The van der Waals surface area contributed by atoms with Crippen molar-refractivity contribution in [1.29, 1.82) is 5.26 Å². The molecule has 4 heterocycles. The quantitative estimate of drug-likeness (QED) is 0.550. The molecule has 0 bridgehead atoms. The van der Waals surface area contributed by atoms with E-state index in [9.17, 15) is 10.1 Å². The van der Waals surface area contributed by atoms with E-state index in [2.05, 4.69) is 15.1 Å². The van der Waals surface area contributed by atoms with Gasteiger partial charge >= 0.3 is 0 Å². The number of rotatable bonds is 2. The third-order valence-electron chi connectivity index (χ3n) is 4.67. The van der Waals surface area contributed by atoms with E-state index >= 15 is 0 Å². The van der Waals surface area contributed by atoms with Crippen molar-refractivity contribution in [2.75, 3.05) is 0 Å². The van der Waals surface area contributed by atoms with Gasteiger partial charge in [0.05, 0.1) is 11.9 Å². The molecule has 0 unspecified atom stereocenters. The molecule has 0 aromatic carbocycles. The lowest BCUT2D eigenvalue weighted by Gasteiger charge is -2.09. The molecule has 26 heavy (non-hydrogen) atoms. The monoisotopic (exact) mass is 348 g/mol. The summed E-state index contributed by atoms with van der Waals surface area (Å²) in [6, 6.07) is 3.79. The van der Waals surface area contributed by atoms with E-state index in [1.165, 1.54) is 4.57 Å². The number of aryl methyl sites for hydroxylation is 4. The average molecular weight is 348 g/mol. The third kappa shape index (κ3) is 2.21. The lowest BCUT2D eigenvalue weighted by molar-refractivity contribution is 0.563. The van der Waals surface area contributed by atoms with Crippen molar-refractivity contribution in [2.24, 2.45) is 0 Å². The number of hydrogen-bond donors (Lipinski definition) is 0. The minimum atomic E-state index is -0.331. The minimum absolute atomic E-state index is 0.143. The second-order valence-electron chi connectivity index (χ2n) is 6.35. The van der Waals surface area contributed by atoms with Gasteiger partial charge in [0, 0.05) is 11.3 Å². The Morgan fingerprint density at radius 1 is 1.27 bits per heavy atom. The van der Waals surface area contributed by atoms with Crippen LogP contribution in [0.15, 0.2) is 21.6 Å². The lowest BCUT2D eigenvalue weighted by Crippen LogP contribution is -2.26. The molecule has 0 amide bonds. The molecular formula is C18H16N6O2. The summed E-state index contributed by atoms with van der Waals surface area (Å²) in [4.78, 5) is 21.4. The highest BCUT2D eigenvalue weighted by Gasteiger charge is 2.17. The Hall–Kier alpha value is -3.47. The highest BCUT2D eigenvalue weighted by Crippen LogP contribution is 2.26. The molecule has 0 atom stereocenters. The maximum atomic E-state index is 12.6. The highest BCUT2D eigenvalue weighted by atomic mass is 16.3. The highest BCUT2D eigenvalue weighted by molar-refractivity contribution is 5.91. The Balaban J connectivity index is 1.88. The van der Waals surface area contributed by atoms with Crippen LogP contribution in [0.5, 0.6) is 0 Å². The summed E-state index contributed by atoms with van der Waals surface area (Å²) in [6.07, 6.45) is 1.54. The molecule has 130 valence electrons. The number of nitrogens with zero attached hydrogens (tertiary/aromatic N) is 6. The molecule has 0 fully saturated rings. The fourth-order valence-electron chi connectivity index (χ4n) is 3.16. The van der Waals surface area contributed by atoms with Crippen molar-refractivity contribution in [3.8, 4) is 6.07 Å². The van der Waals surface area contributed by atoms with Crippen LogP contribution in [0.25, 0.3) is 16.7 Å². The van der Waals surface area contributed by atoms with Crippen LogP contribution in [0.1, 0.15) is 34.0 Å². The molecule has 0 spiro atoms. The van der Waals surface area contributed by atoms with Gasteiger partial charge in [-0.2, -0.15) is 5.26 Å². The fraction of sp³-hybridized carbons (Fsp3) is 0.278. The predicted octanol–water partition coefficient (Wildman–Crippen LogP) is 2.19. The van der Waals surface area contributed by atoms with Crippen molar-refractivity contribution < 1.29 is 4.42 Å². The van der Waals surface area contributed by atoms with Crippen molar-refractivity contribution in [1.82, 2.24) is 24.1 Å². The first-order chi connectivity index (χ1) is 12.4. The first-order valence-corrected chi connectivity index (χ1v) is 8.11. The smallest absolute Gasteiger partial charge is 0.269 e. The molecule has 0 aliphatic carbocycles. The molecule has 0 aliphatic heterocycles. The number of hydrogen-bond acceptors (Lipinski definition) is 6. The molecule has 0 saturated carbocycles. The first kappa shape index (κ1) is 16.0. The second-order valence-corrected chi connectivity index (χ2v) is 6.35. The van der Waals surface area contributed by atoms with Crippen molar-refractivity contribution in [3.05, 3.63) is 56.7 Å². The minimum Gasteiger partial charge on any atom is -0.443 e. The van der Waals surface area contributed by atoms with Gasteiger partial charge < -0.3 is 8.98 Å². The molecule has 0 aliphatic rings. The summed E-state index contributed by atoms with van der Waals surface area (Å²) in [5, 5.41) is 14.5. The molecule has 4 rings (SSSR count). The Kier molecular flexibility index (Phi) is 3.40. The van der Waals surface area contributed by atoms with Gasteiger partial charge in [0.15, 0.2) is 11.5 Å². The van der Waals surface area contributed by atoms with E-state index in [-0.39, 0.29) is 17.7 Å². The second kappa shape index (κ2) is 5.52. The molecular weight excluding hydrogens is 332 g/mol. The summed E-state index contributed by atoms with van der Waals surface area (Å²) in [6.45, 7) is 7.59. The normalized spacial score (nSPS) is 11.3. The standard InChI is InChI=1S/C18H16N6O2/c1-9-5-10(2)23(18(25)13(9)6-19)7-14-21-16-15-11(3)12(4)26-17(15)20-8-24(16)22-14/h5,8H,7H2,1-4H3. The largest absolute Gasteiger partial charge is 0.443 e. The summed E-state index contributed by atoms with van der Waals surface area (Å²) in [5.74, 6) is 1.25. The third-order valence-corrected chi connectivity index (χ3v) is 4.67. The van der Waals surface area contributed by atoms with Crippen LogP contribution in [-0.2, 0) is 6.54 Å². The number of aromatic nitrogens is 5. The van der Waals surface area contributed by atoms with E-state index in [4.69, 9.17) is 4.42 Å². The maximum Gasteiger partial charge on any atom is 0.269 e. The van der Waals surface area contributed by atoms with Crippen molar-refractivity contribution >= 4 is 16.7 Å². The van der Waals surface area contributed by atoms with Crippen LogP contribution in [0.4, 0.5) is 0 Å². The van der Waals surface area contributed by atoms with Crippen LogP contribution in [-0.4, -0.2) is 24.1 Å². The van der Waals surface area contributed by atoms with Gasteiger partial charge in [-0.25, -0.2) is 14.5 Å². The summed E-state index contributed by atoms with van der Waals surface area (Å²) in [7, 11) is 0. The molecule has 8 heteroatoms. The van der Waals surface area contributed by atoms with Crippen molar-refractivity contribution in [2.45, 2.75) is 34.2 Å². The topological polar surface area (TPSA) is 102 Å². The van der Waals surface area contributed by atoms with Crippen LogP contribution in [0.2, 0.25) is 0 Å². The van der Waals surface area contributed by atoms with Crippen molar-refractivity contribution in [3.63, 3.8) is 0 Å². The average Bonchev–Trinajstić information content (AvgIpc) is 3.12. The summed E-state index contributed by atoms with van der Waals surface area (Å²) >= 11 is 0. The van der Waals surface area contributed by atoms with Gasteiger partial charge in [-0.05, 0) is 39.3 Å². The van der Waals surface area contributed by atoms with E-state index < -0.39 is 0 Å². The summed E-state index contributed by atoms with van der Waals surface area (Å²) in [5.41, 5.74) is 3.35. The van der Waals surface area contributed by atoms with E-state index in [0.29, 0.717) is 22.7 Å². The SMILES string of the molecule is Cc1cc(C)n(Cc2nc3c4c(C)c(C)oc4ncn3n2)c(=O)c1C#N. The molecule has 0 N–H and O–H groups in total. The number of nitriles is 1. The number of pyridine rings is 1. The number of fused-ring (bicyclic) bond motifs is 3. The van der Waals surface area contributed by atoms with E-state index in [1.807, 2.05) is 32.9 Å². The number of furan rings is 1. The zero-order chi connectivity index (χ0) is 18.6. The van der Waals surface area contributed by atoms with Gasteiger partial charge in [-0.3, -0.25) is 4.79 Å². The Morgan fingerprint density at radius 3 is 2.77 bits per heavy atom. The molecule has 4 aromatic heterocycles. The van der Waals surface area contributed by atoms with Crippen LogP contribution in [0.3, 0.4) is 0 Å². The molecule has 0 radical (unpaired) electrons. The van der Waals surface area contributed by atoms with Gasteiger partial charge in [-0.15, -0.1) is 5.10 Å². The van der Waals surface area contributed by atoms with E-state index in [0.717, 1.165) is 22.4 Å². The Labute approximate surface area is 148 Å².